The quantitative estimate of drug-likeness (QED) is 0.756. The molecular formula is C10H9N3O2. The summed E-state index contributed by atoms with van der Waals surface area (Å²) in [5, 5.41) is 10.1. The van der Waals surface area contributed by atoms with E-state index in [1.807, 2.05) is 12.1 Å². The van der Waals surface area contributed by atoms with E-state index < -0.39 is 0 Å². The maximum atomic E-state index is 10.9. The zero-order valence-electron chi connectivity index (χ0n) is 7.93. The van der Waals surface area contributed by atoms with Gasteiger partial charge in [0, 0.05) is 6.54 Å². The SMILES string of the molecule is C=CC(=O)NCc1ccc2nonc2c1. The van der Waals surface area contributed by atoms with E-state index in [1.165, 1.54) is 6.08 Å². The first-order valence-corrected chi connectivity index (χ1v) is 4.41. The molecule has 2 rings (SSSR count). The molecule has 1 aromatic carbocycles. The lowest BCUT2D eigenvalue weighted by Gasteiger charge is -2.01. The lowest BCUT2D eigenvalue weighted by molar-refractivity contribution is -0.116. The number of nitrogens with one attached hydrogen (secondary N) is 1. The van der Waals surface area contributed by atoms with Gasteiger partial charge in [-0.2, -0.15) is 0 Å². The van der Waals surface area contributed by atoms with Gasteiger partial charge < -0.3 is 5.32 Å². The van der Waals surface area contributed by atoms with Crippen LogP contribution in [0.2, 0.25) is 0 Å². The van der Waals surface area contributed by atoms with Gasteiger partial charge in [0.1, 0.15) is 11.0 Å². The minimum Gasteiger partial charge on any atom is -0.348 e. The Morgan fingerprint density at radius 2 is 2.27 bits per heavy atom. The van der Waals surface area contributed by atoms with E-state index in [-0.39, 0.29) is 5.91 Å². The molecule has 0 unspecified atom stereocenters. The second kappa shape index (κ2) is 3.91. The van der Waals surface area contributed by atoms with Gasteiger partial charge in [-0.25, -0.2) is 4.63 Å². The van der Waals surface area contributed by atoms with Crippen molar-refractivity contribution in [2.75, 3.05) is 0 Å². The Balaban J connectivity index is 2.14. The molecule has 0 aliphatic carbocycles. The van der Waals surface area contributed by atoms with E-state index in [4.69, 9.17) is 0 Å². The number of rotatable bonds is 3. The minimum absolute atomic E-state index is 0.201. The standard InChI is InChI=1S/C10H9N3O2/c1-2-10(14)11-6-7-3-4-8-9(5-7)13-15-12-8/h2-5H,1,6H2,(H,11,14). The van der Waals surface area contributed by atoms with Gasteiger partial charge in [0.05, 0.1) is 0 Å². The molecular weight excluding hydrogens is 194 g/mol. The summed E-state index contributed by atoms with van der Waals surface area (Å²) in [6, 6.07) is 5.46. The van der Waals surface area contributed by atoms with Crippen molar-refractivity contribution in [1.29, 1.82) is 0 Å². The number of hydrogen-bond donors (Lipinski definition) is 1. The van der Waals surface area contributed by atoms with Crippen LogP contribution in [-0.4, -0.2) is 16.2 Å². The van der Waals surface area contributed by atoms with Crippen LogP contribution in [0.4, 0.5) is 0 Å². The second-order valence-electron chi connectivity index (χ2n) is 3.01. The summed E-state index contributed by atoms with van der Waals surface area (Å²) >= 11 is 0. The zero-order valence-corrected chi connectivity index (χ0v) is 7.93. The fourth-order valence-electron chi connectivity index (χ4n) is 1.20. The minimum atomic E-state index is -0.201. The Kier molecular flexibility index (Phi) is 2.45. The van der Waals surface area contributed by atoms with Gasteiger partial charge in [-0.3, -0.25) is 4.79 Å². The maximum absolute atomic E-state index is 10.9. The van der Waals surface area contributed by atoms with Crippen molar-refractivity contribution >= 4 is 16.9 Å². The molecule has 0 radical (unpaired) electrons. The number of fused-ring (bicyclic) bond motifs is 1. The molecule has 1 heterocycles. The first-order chi connectivity index (χ1) is 7.29. The topological polar surface area (TPSA) is 68.0 Å². The van der Waals surface area contributed by atoms with Crippen molar-refractivity contribution in [3.8, 4) is 0 Å². The van der Waals surface area contributed by atoms with Crippen molar-refractivity contribution in [1.82, 2.24) is 15.6 Å². The molecule has 0 fully saturated rings. The Morgan fingerprint density at radius 3 is 3.07 bits per heavy atom. The van der Waals surface area contributed by atoms with Crippen LogP contribution in [0.1, 0.15) is 5.56 Å². The van der Waals surface area contributed by atoms with Crippen LogP contribution < -0.4 is 5.32 Å². The molecule has 0 aliphatic rings. The number of carbonyl (C=O) groups is 1. The fourth-order valence-corrected chi connectivity index (χ4v) is 1.20. The molecule has 0 saturated carbocycles. The van der Waals surface area contributed by atoms with Gasteiger partial charge >= 0.3 is 0 Å². The lowest BCUT2D eigenvalue weighted by atomic mass is 10.2. The second-order valence-corrected chi connectivity index (χ2v) is 3.01. The smallest absolute Gasteiger partial charge is 0.243 e. The average Bonchev–Trinajstić information content (AvgIpc) is 2.72. The first kappa shape index (κ1) is 9.39. The number of carbonyl (C=O) groups excluding carboxylic acids is 1. The molecule has 0 bridgehead atoms. The summed E-state index contributed by atoms with van der Waals surface area (Å²) in [5.74, 6) is -0.201. The number of aromatic nitrogens is 2. The van der Waals surface area contributed by atoms with Crippen molar-refractivity contribution in [2.45, 2.75) is 6.54 Å². The molecule has 0 atom stereocenters. The van der Waals surface area contributed by atoms with E-state index >= 15 is 0 Å². The number of nitrogens with zero attached hydrogens (tertiary/aromatic N) is 2. The predicted molar refractivity (Wildman–Crippen MR) is 53.8 cm³/mol. The number of amides is 1. The van der Waals surface area contributed by atoms with Crippen molar-refractivity contribution in [3.63, 3.8) is 0 Å². The van der Waals surface area contributed by atoms with Crippen LogP contribution in [0.15, 0.2) is 35.5 Å². The molecule has 76 valence electrons. The highest BCUT2D eigenvalue weighted by atomic mass is 16.6. The Labute approximate surface area is 85.7 Å². The molecule has 2 aromatic rings. The van der Waals surface area contributed by atoms with E-state index in [0.29, 0.717) is 17.6 Å². The summed E-state index contributed by atoms with van der Waals surface area (Å²) in [7, 11) is 0. The normalized spacial score (nSPS) is 10.1. The summed E-state index contributed by atoms with van der Waals surface area (Å²) in [4.78, 5) is 10.9. The third-order valence-corrected chi connectivity index (χ3v) is 1.97. The summed E-state index contributed by atoms with van der Waals surface area (Å²) in [6.07, 6.45) is 1.23. The van der Waals surface area contributed by atoms with Crippen LogP contribution in [0.3, 0.4) is 0 Å². The molecule has 1 amide bonds. The summed E-state index contributed by atoms with van der Waals surface area (Å²) < 4.78 is 4.56. The Morgan fingerprint density at radius 1 is 1.47 bits per heavy atom. The number of hydrogen-bond acceptors (Lipinski definition) is 4. The fraction of sp³-hybridized carbons (Fsp3) is 0.100. The highest BCUT2D eigenvalue weighted by Gasteiger charge is 2.01. The molecule has 1 aromatic heterocycles. The van der Waals surface area contributed by atoms with Gasteiger partial charge in [-0.15, -0.1) is 0 Å². The van der Waals surface area contributed by atoms with E-state index in [2.05, 4.69) is 26.8 Å². The van der Waals surface area contributed by atoms with E-state index in [0.717, 1.165) is 5.56 Å². The Hall–Kier alpha value is -2.17. The maximum Gasteiger partial charge on any atom is 0.243 e. The van der Waals surface area contributed by atoms with E-state index in [1.54, 1.807) is 6.07 Å². The van der Waals surface area contributed by atoms with Gasteiger partial charge in [-0.05, 0) is 34.1 Å². The summed E-state index contributed by atoms with van der Waals surface area (Å²) in [5.41, 5.74) is 2.32. The lowest BCUT2D eigenvalue weighted by Crippen LogP contribution is -2.19. The Bertz CT molecular complexity index is 504. The zero-order chi connectivity index (χ0) is 10.7. The largest absolute Gasteiger partial charge is 0.348 e. The van der Waals surface area contributed by atoms with Gasteiger partial charge in [0.2, 0.25) is 5.91 Å². The monoisotopic (exact) mass is 203 g/mol. The van der Waals surface area contributed by atoms with Crippen LogP contribution in [0.5, 0.6) is 0 Å². The van der Waals surface area contributed by atoms with Crippen LogP contribution in [0.25, 0.3) is 11.0 Å². The number of benzene rings is 1. The predicted octanol–water partition coefficient (Wildman–Crippen LogP) is 1.02. The van der Waals surface area contributed by atoms with Crippen molar-refractivity contribution in [3.05, 3.63) is 36.4 Å². The molecule has 5 nitrogen and oxygen atoms in total. The molecule has 5 heteroatoms. The van der Waals surface area contributed by atoms with Crippen LogP contribution in [-0.2, 0) is 11.3 Å². The van der Waals surface area contributed by atoms with Crippen LogP contribution >= 0.6 is 0 Å². The van der Waals surface area contributed by atoms with Crippen molar-refractivity contribution in [2.24, 2.45) is 0 Å². The van der Waals surface area contributed by atoms with Crippen molar-refractivity contribution < 1.29 is 9.42 Å². The third kappa shape index (κ3) is 2.01. The van der Waals surface area contributed by atoms with Gasteiger partial charge in [0.15, 0.2) is 0 Å². The third-order valence-electron chi connectivity index (χ3n) is 1.97. The van der Waals surface area contributed by atoms with E-state index in [9.17, 15) is 4.79 Å². The first-order valence-electron chi connectivity index (χ1n) is 4.41. The van der Waals surface area contributed by atoms with Crippen LogP contribution in [0, 0.1) is 0 Å². The molecule has 1 N–H and O–H groups in total. The van der Waals surface area contributed by atoms with Gasteiger partial charge in [-0.1, -0.05) is 12.6 Å². The highest BCUT2D eigenvalue weighted by molar-refractivity contribution is 5.86. The highest BCUT2D eigenvalue weighted by Crippen LogP contribution is 2.11. The average molecular weight is 203 g/mol. The molecule has 0 saturated heterocycles. The molecule has 0 aliphatic heterocycles. The molecule has 15 heavy (non-hydrogen) atoms. The summed E-state index contributed by atoms with van der Waals surface area (Å²) in [6.45, 7) is 3.80. The molecule has 0 spiro atoms. The van der Waals surface area contributed by atoms with Gasteiger partial charge in [0.25, 0.3) is 0 Å².